The van der Waals surface area contributed by atoms with Crippen LogP contribution >= 0.6 is 0 Å². The molecule has 0 fully saturated rings. The van der Waals surface area contributed by atoms with Gasteiger partial charge in [0, 0.05) is 18.5 Å². The number of hydrogen-bond donors (Lipinski definition) is 2. The molecule has 0 spiro atoms. The van der Waals surface area contributed by atoms with E-state index in [-0.39, 0.29) is 18.2 Å². The first-order chi connectivity index (χ1) is 8.40. The first kappa shape index (κ1) is 13.9. The van der Waals surface area contributed by atoms with E-state index in [2.05, 4.69) is 10.3 Å². The van der Waals surface area contributed by atoms with Crippen molar-refractivity contribution in [1.82, 2.24) is 4.98 Å². The molecule has 7 nitrogen and oxygen atoms in total. The molecule has 0 radical (unpaired) electrons. The molecule has 2 N–H and O–H groups in total. The summed E-state index contributed by atoms with van der Waals surface area (Å²) >= 11 is 0. The lowest BCUT2D eigenvalue weighted by Gasteiger charge is -2.13. The lowest BCUT2D eigenvalue weighted by molar-refractivity contribution is -0.385. The van der Waals surface area contributed by atoms with Crippen molar-refractivity contribution < 1.29 is 14.8 Å². The van der Waals surface area contributed by atoms with E-state index >= 15 is 0 Å². The average Bonchev–Trinajstić information content (AvgIpc) is 2.26. The second-order valence-electron chi connectivity index (χ2n) is 4.04. The summed E-state index contributed by atoms with van der Waals surface area (Å²) in [5.74, 6) is -0.340. The number of nitro groups is 1. The topological polar surface area (TPSA) is 105 Å². The molecule has 98 valence electrons. The minimum absolute atomic E-state index is 0.0289. The number of carboxylic acids is 1. The summed E-state index contributed by atoms with van der Waals surface area (Å²) < 4.78 is 0. The summed E-state index contributed by atoms with van der Waals surface area (Å²) in [6.45, 7) is 3.40. The second kappa shape index (κ2) is 5.95. The smallest absolute Gasteiger partial charge is 0.303 e. The fraction of sp³-hybridized carbons (Fsp3) is 0.455. The molecule has 7 heteroatoms. The third-order valence-electron chi connectivity index (χ3n) is 2.44. The van der Waals surface area contributed by atoms with E-state index in [1.807, 2.05) is 6.92 Å². The Morgan fingerprint density at radius 2 is 2.28 bits per heavy atom. The molecule has 18 heavy (non-hydrogen) atoms. The highest BCUT2D eigenvalue weighted by atomic mass is 16.6. The summed E-state index contributed by atoms with van der Waals surface area (Å²) in [7, 11) is 0. The lowest BCUT2D eigenvalue weighted by atomic mass is 10.2. The number of aryl methyl sites for hydroxylation is 1. The first-order valence-electron chi connectivity index (χ1n) is 5.50. The quantitative estimate of drug-likeness (QED) is 0.593. The Balaban J connectivity index is 2.65. The third-order valence-corrected chi connectivity index (χ3v) is 2.44. The number of anilines is 1. The van der Waals surface area contributed by atoms with Crippen LogP contribution in [0.1, 0.15) is 25.5 Å². The van der Waals surface area contributed by atoms with Crippen molar-refractivity contribution in [2.24, 2.45) is 0 Å². The Labute approximate surface area is 104 Å². The number of aromatic nitrogens is 1. The zero-order chi connectivity index (χ0) is 13.7. The van der Waals surface area contributed by atoms with E-state index in [0.717, 1.165) is 0 Å². The van der Waals surface area contributed by atoms with Gasteiger partial charge in [-0.2, -0.15) is 0 Å². The molecule has 1 heterocycles. The molecule has 1 rings (SSSR count). The normalized spacial score (nSPS) is 11.9. The zero-order valence-corrected chi connectivity index (χ0v) is 10.2. The van der Waals surface area contributed by atoms with Crippen molar-refractivity contribution in [2.75, 3.05) is 5.32 Å². The van der Waals surface area contributed by atoms with Crippen LogP contribution in [0.15, 0.2) is 12.1 Å². The second-order valence-corrected chi connectivity index (χ2v) is 4.04. The fourth-order valence-electron chi connectivity index (χ4n) is 1.49. The molecule has 0 aliphatic heterocycles. The van der Waals surface area contributed by atoms with Gasteiger partial charge in [0.15, 0.2) is 0 Å². The molecule has 0 bridgehead atoms. The number of carbonyl (C=O) groups is 1. The molecule has 0 saturated carbocycles. The van der Waals surface area contributed by atoms with Crippen molar-refractivity contribution in [2.45, 2.75) is 32.7 Å². The van der Waals surface area contributed by atoms with Crippen molar-refractivity contribution in [3.63, 3.8) is 0 Å². The van der Waals surface area contributed by atoms with E-state index in [4.69, 9.17) is 5.11 Å². The maximum Gasteiger partial charge on any atom is 0.303 e. The van der Waals surface area contributed by atoms with Gasteiger partial charge in [-0.25, -0.2) is 4.98 Å². The van der Waals surface area contributed by atoms with E-state index in [1.54, 1.807) is 6.92 Å². The summed E-state index contributed by atoms with van der Waals surface area (Å²) in [5, 5.41) is 22.2. The van der Waals surface area contributed by atoms with Gasteiger partial charge in [-0.05, 0) is 26.3 Å². The van der Waals surface area contributed by atoms with Gasteiger partial charge in [0.25, 0.3) is 5.69 Å². The Morgan fingerprint density at radius 3 is 2.78 bits per heavy atom. The van der Waals surface area contributed by atoms with Crippen molar-refractivity contribution in [1.29, 1.82) is 0 Å². The van der Waals surface area contributed by atoms with Crippen LogP contribution in [0.4, 0.5) is 11.5 Å². The standard InChI is InChI=1S/C11H15N3O4/c1-7(3-6-11(15)16)12-10-5-4-9(14(17)18)8(2)13-10/h4-5,7H,3,6H2,1-2H3,(H,12,13)(H,15,16). The number of carboxylic acid groups (broad SMARTS) is 1. The maximum atomic E-state index is 10.6. The first-order valence-corrected chi connectivity index (χ1v) is 5.50. The zero-order valence-electron chi connectivity index (χ0n) is 10.2. The van der Waals surface area contributed by atoms with Crippen molar-refractivity contribution >= 4 is 17.5 Å². The van der Waals surface area contributed by atoms with Crippen LogP contribution in [0.2, 0.25) is 0 Å². The van der Waals surface area contributed by atoms with Crippen LogP contribution < -0.4 is 5.32 Å². The van der Waals surface area contributed by atoms with Gasteiger partial charge in [0.2, 0.25) is 0 Å². The number of nitrogens with one attached hydrogen (secondary N) is 1. The maximum absolute atomic E-state index is 10.6. The van der Waals surface area contributed by atoms with E-state index < -0.39 is 10.9 Å². The van der Waals surface area contributed by atoms with Gasteiger partial charge >= 0.3 is 5.97 Å². The van der Waals surface area contributed by atoms with Crippen LogP contribution in [0.3, 0.4) is 0 Å². The van der Waals surface area contributed by atoms with E-state index in [9.17, 15) is 14.9 Å². The number of pyridine rings is 1. The molecule has 1 atom stereocenters. The summed E-state index contributed by atoms with van der Waals surface area (Å²) in [4.78, 5) is 24.6. The SMILES string of the molecule is Cc1nc(NC(C)CCC(=O)O)ccc1[N+](=O)[O-]. The van der Waals surface area contributed by atoms with Crippen LogP contribution in [0.5, 0.6) is 0 Å². The van der Waals surface area contributed by atoms with Gasteiger partial charge in [-0.1, -0.05) is 0 Å². The van der Waals surface area contributed by atoms with Crippen molar-refractivity contribution in [3.05, 3.63) is 27.9 Å². The van der Waals surface area contributed by atoms with E-state index in [0.29, 0.717) is 17.9 Å². The molecule has 0 saturated heterocycles. The fourth-order valence-corrected chi connectivity index (χ4v) is 1.49. The summed E-state index contributed by atoms with van der Waals surface area (Å²) in [6.07, 6.45) is 0.535. The molecule has 0 aliphatic rings. The Kier molecular flexibility index (Phi) is 4.59. The predicted octanol–water partition coefficient (Wildman–Crippen LogP) is 1.96. The summed E-state index contributed by atoms with van der Waals surface area (Å²) in [6, 6.07) is 2.84. The molecule has 0 amide bonds. The van der Waals surface area contributed by atoms with Crippen LogP contribution in [-0.2, 0) is 4.79 Å². The van der Waals surface area contributed by atoms with Crippen LogP contribution in [-0.4, -0.2) is 27.0 Å². The minimum Gasteiger partial charge on any atom is -0.481 e. The Bertz CT molecular complexity index is 462. The van der Waals surface area contributed by atoms with Crippen LogP contribution in [0, 0.1) is 17.0 Å². The molecule has 0 aliphatic carbocycles. The number of hydrogen-bond acceptors (Lipinski definition) is 5. The van der Waals surface area contributed by atoms with Crippen molar-refractivity contribution in [3.8, 4) is 0 Å². The van der Waals surface area contributed by atoms with E-state index in [1.165, 1.54) is 12.1 Å². The van der Waals surface area contributed by atoms with Gasteiger partial charge in [0.1, 0.15) is 11.5 Å². The summed E-state index contributed by atoms with van der Waals surface area (Å²) in [5.41, 5.74) is 0.300. The predicted molar refractivity (Wildman–Crippen MR) is 65.6 cm³/mol. The molecular formula is C11H15N3O4. The number of aliphatic carboxylic acids is 1. The van der Waals surface area contributed by atoms with Gasteiger partial charge < -0.3 is 10.4 Å². The lowest BCUT2D eigenvalue weighted by Crippen LogP contribution is -2.17. The largest absolute Gasteiger partial charge is 0.481 e. The highest BCUT2D eigenvalue weighted by Crippen LogP contribution is 2.18. The molecule has 0 aromatic carbocycles. The Hall–Kier alpha value is -2.18. The molecule has 1 aromatic heterocycles. The third kappa shape index (κ3) is 4.00. The van der Waals surface area contributed by atoms with Gasteiger partial charge in [-0.15, -0.1) is 0 Å². The highest BCUT2D eigenvalue weighted by Gasteiger charge is 2.13. The number of rotatable bonds is 6. The molecule has 1 aromatic rings. The van der Waals surface area contributed by atoms with Gasteiger partial charge in [0.05, 0.1) is 4.92 Å². The monoisotopic (exact) mass is 253 g/mol. The van der Waals surface area contributed by atoms with Gasteiger partial charge in [-0.3, -0.25) is 14.9 Å². The molecular weight excluding hydrogens is 238 g/mol. The highest BCUT2D eigenvalue weighted by molar-refractivity contribution is 5.66. The molecule has 1 unspecified atom stereocenters. The average molecular weight is 253 g/mol. The van der Waals surface area contributed by atoms with Crippen LogP contribution in [0.25, 0.3) is 0 Å². The Morgan fingerprint density at radius 1 is 1.61 bits per heavy atom. The minimum atomic E-state index is -0.850. The number of nitrogens with zero attached hydrogens (tertiary/aromatic N) is 2.